The fraction of sp³-hybridized carbons (Fsp3) is 0.286. The molecule has 0 aliphatic carbocycles. The number of ether oxygens (including phenoxy) is 1. The molecule has 5 nitrogen and oxygen atoms in total. The molecule has 0 radical (unpaired) electrons. The molecular formula is C14H12BrNO4. The lowest BCUT2D eigenvalue weighted by atomic mass is 10.00. The van der Waals surface area contributed by atoms with Gasteiger partial charge >= 0.3 is 5.97 Å². The third-order valence-corrected chi connectivity index (χ3v) is 3.58. The third kappa shape index (κ3) is 2.20. The van der Waals surface area contributed by atoms with Gasteiger partial charge in [-0.1, -0.05) is 21.1 Å². The van der Waals surface area contributed by atoms with Crippen molar-refractivity contribution in [3.8, 4) is 17.1 Å². The van der Waals surface area contributed by atoms with Crippen molar-refractivity contribution in [1.29, 1.82) is 0 Å². The second-order valence-corrected chi connectivity index (χ2v) is 6.28. The SMILES string of the molecule is CC1(C)Cc2cc(Br)cc(-c3cc(C(=O)O)no3)c2O1. The van der Waals surface area contributed by atoms with Gasteiger partial charge in [-0.15, -0.1) is 0 Å². The number of aromatic nitrogens is 1. The van der Waals surface area contributed by atoms with Gasteiger partial charge in [-0.25, -0.2) is 4.79 Å². The van der Waals surface area contributed by atoms with Crippen LogP contribution in [-0.4, -0.2) is 21.8 Å². The van der Waals surface area contributed by atoms with Gasteiger partial charge in [0.2, 0.25) is 0 Å². The Bertz CT molecular complexity index is 705. The van der Waals surface area contributed by atoms with E-state index in [0.29, 0.717) is 11.3 Å². The van der Waals surface area contributed by atoms with Crippen LogP contribution in [0.4, 0.5) is 0 Å². The summed E-state index contributed by atoms with van der Waals surface area (Å²) in [4.78, 5) is 10.9. The quantitative estimate of drug-likeness (QED) is 0.907. The Morgan fingerprint density at radius 1 is 1.40 bits per heavy atom. The van der Waals surface area contributed by atoms with Gasteiger partial charge in [0.1, 0.15) is 11.4 Å². The molecule has 1 aliphatic heterocycles. The second-order valence-electron chi connectivity index (χ2n) is 5.36. The van der Waals surface area contributed by atoms with Crippen LogP contribution in [0.1, 0.15) is 29.9 Å². The summed E-state index contributed by atoms with van der Waals surface area (Å²) in [5.41, 5.74) is 1.37. The Hall–Kier alpha value is -1.82. The molecule has 0 fully saturated rings. The summed E-state index contributed by atoms with van der Waals surface area (Å²) < 4.78 is 12.0. The summed E-state index contributed by atoms with van der Waals surface area (Å²) in [5, 5.41) is 12.5. The highest BCUT2D eigenvalue weighted by molar-refractivity contribution is 9.10. The highest BCUT2D eigenvalue weighted by Crippen LogP contribution is 2.44. The average molecular weight is 338 g/mol. The molecule has 1 aromatic carbocycles. The van der Waals surface area contributed by atoms with E-state index in [4.69, 9.17) is 14.4 Å². The topological polar surface area (TPSA) is 72.6 Å². The van der Waals surface area contributed by atoms with E-state index in [1.807, 2.05) is 26.0 Å². The maximum atomic E-state index is 10.9. The zero-order chi connectivity index (χ0) is 14.5. The lowest BCUT2D eigenvalue weighted by Crippen LogP contribution is -2.24. The van der Waals surface area contributed by atoms with Gasteiger partial charge in [-0.2, -0.15) is 0 Å². The number of hydrogen-bond acceptors (Lipinski definition) is 4. The van der Waals surface area contributed by atoms with E-state index in [-0.39, 0.29) is 11.3 Å². The van der Waals surface area contributed by atoms with Crippen LogP contribution in [-0.2, 0) is 6.42 Å². The van der Waals surface area contributed by atoms with Crippen molar-refractivity contribution in [3.05, 3.63) is 33.9 Å². The largest absolute Gasteiger partial charge is 0.486 e. The van der Waals surface area contributed by atoms with Gasteiger partial charge in [0.15, 0.2) is 11.5 Å². The minimum absolute atomic E-state index is 0.119. The summed E-state index contributed by atoms with van der Waals surface area (Å²) >= 11 is 3.45. The van der Waals surface area contributed by atoms with Gasteiger partial charge in [0, 0.05) is 17.0 Å². The molecule has 2 heterocycles. The number of hydrogen-bond donors (Lipinski definition) is 1. The molecule has 20 heavy (non-hydrogen) atoms. The fourth-order valence-corrected chi connectivity index (χ4v) is 2.86. The van der Waals surface area contributed by atoms with Crippen LogP contribution in [0.3, 0.4) is 0 Å². The molecule has 0 spiro atoms. The minimum atomic E-state index is -1.12. The second kappa shape index (κ2) is 4.34. The first kappa shape index (κ1) is 13.2. The van der Waals surface area contributed by atoms with Crippen molar-refractivity contribution < 1.29 is 19.2 Å². The highest BCUT2D eigenvalue weighted by atomic mass is 79.9. The number of halogens is 1. The number of carboxylic acid groups (broad SMARTS) is 1. The molecule has 0 saturated heterocycles. The predicted molar refractivity (Wildman–Crippen MR) is 75.0 cm³/mol. The number of rotatable bonds is 2. The smallest absolute Gasteiger partial charge is 0.358 e. The van der Waals surface area contributed by atoms with Gasteiger partial charge in [-0.3, -0.25) is 0 Å². The summed E-state index contributed by atoms with van der Waals surface area (Å²) in [6, 6.07) is 5.24. The normalized spacial score (nSPS) is 15.8. The average Bonchev–Trinajstić information content (AvgIpc) is 2.90. The highest BCUT2D eigenvalue weighted by Gasteiger charge is 2.33. The Kier molecular flexibility index (Phi) is 2.86. The van der Waals surface area contributed by atoms with Crippen molar-refractivity contribution in [1.82, 2.24) is 5.16 Å². The Morgan fingerprint density at radius 2 is 2.15 bits per heavy atom. The first-order valence-corrected chi connectivity index (χ1v) is 6.87. The Labute approximate surface area is 123 Å². The molecule has 0 unspecified atom stereocenters. The molecule has 2 aromatic rings. The summed E-state index contributed by atoms with van der Waals surface area (Å²) in [6.07, 6.45) is 0.786. The zero-order valence-electron chi connectivity index (χ0n) is 10.9. The molecule has 104 valence electrons. The number of carbonyl (C=O) groups is 1. The molecular weight excluding hydrogens is 326 g/mol. The van der Waals surface area contributed by atoms with Crippen LogP contribution in [0.25, 0.3) is 11.3 Å². The van der Waals surface area contributed by atoms with E-state index in [9.17, 15) is 4.79 Å². The lowest BCUT2D eigenvalue weighted by Gasteiger charge is -2.17. The van der Waals surface area contributed by atoms with E-state index in [1.54, 1.807) is 0 Å². The number of benzene rings is 1. The van der Waals surface area contributed by atoms with Crippen molar-refractivity contribution in [2.45, 2.75) is 25.9 Å². The van der Waals surface area contributed by atoms with Gasteiger partial charge in [0.25, 0.3) is 0 Å². The fourth-order valence-electron chi connectivity index (χ4n) is 2.36. The molecule has 3 rings (SSSR count). The molecule has 0 amide bonds. The Morgan fingerprint density at radius 3 is 2.80 bits per heavy atom. The van der Waals surface area contributed by atoms with Gasteiger partial charge in [0.05, 0.1) is 5.56 Å². The van der Waals surface area contributed by atoms with E-state index in [1.165, 1.54) is 6.07 Å². The van der Waals surface area contributed by atoms with Crippen molar-refractivity contribution >= 4 is 21.9 Å². The van der Waals surface area contributed by atoms with E-state index in [0.717, 1.165) is 22.2 Å². The van der Waals surface area contributed by atoms with Gasteiger partial charge in [-0.05, 0) is 31.5 Å². The number of fused-ring (bicyclic) bond motifs is 1. The standard InChI is InChI=1S/C14H12BrNO4/c1-14(2)6-7-3-8(15)4-9(12(7)19-14)11-5-10(13(17)18)16-20-11/h3-5H,6H2,1-2H3,(H,17,18). The molecule has 0 bridgehead atoms. The van der Waals surface area contributed by atoms with Gasteiger partial charge < -0.3 is 14.4 Å². The maximum absolute atomic E-state index is 10.9. The number of aromatic carboxylic acids is 1. The van der Waals surface area contributed by atoms with Crippen LogP contribution < -0.4 is 4.74 Å². The van der Waals surface area contributed by atoms with Crippen LogP contribution in [0, 0.1) is 0 Å². The predicted octanol–water partition coefficient (Wildman–Crippen LogP) is 3.52. The zero-order valence-corrected chi connectivity index (χ0v) is 12.5. The lowest BCUT2D eigenvalue weighted by molar-refractivity contribution is 0.0686. The third-order valence-electron chi connectivity index (χ3n) is 3.12. The summed E-state index contributed by atoms with van der Waals surface area (Å²) in [7, 11) is 0. The van der Waals surface area contributed by atoms with Crippen LogP contribution in [0.5, 0.6) is 5.75 Å². The first-order valence-electron chi connectivity index (χ1n) is 6.07. The maximum Gasteiger partial charge on any atom is 0.358 e. The first-order chi connectivity index (χ1) is 9.35. The molecule has 0 saturated carbocycles. The minimum Gasteiger partial charge on any atom is -0.486 e. The summed E-state index contributed by atoms with van der Waals surface area (Å²) in [5.74, 6) is -0.00294. The summed E-state index contributed by atoms with van der Waals surface area (Å²) in [6.45, 7) is 4.02. The molecule has 1 N–H and O–H groups in total. The Balaban J connectivity index is 2.13. The van der Waals surface area contributed by atoms with Crippen LogP contribution in [0.2, 0.25) is 0 Å². The molecule has 1 aliphatic rings. The van der Waals surface area contributed by atoms with Crippen LogP contribution >= 0.6 is 15.9 Å². The number of carboxylic acids is 1. The van der Waals surface area contributed by atoms with Crippen molar-refractivity contribution in [2.24, 2.45) is 0 Å². The molecule has 6 heteroatoms. The number of nitrogens with zero attached hydrogens (tertiary/aromatic N) is 1. The van der Waals surface area contributed by atoms with Crippen molar-refractivity contribution in [3.63, 3.8) is 0 Å². The monoisotopic (exact) mass is 337 g/mol. The van der Waals surface area contributed by atoms with E-state index < -0.39 is 5.97 Å². The van der Waals surface area contributed by atoms with Crippen LogP contribution in [0.15, 0.2) is 27.2 Å². The van der Waals surface area contributed by atoms with E-state index in [2.05, 4.69) is 21.1 Å². The van der Waals surface area contributed by atoms with E-state index >= 15 is 0 Å². The molecule has 1 aromatic heterocycles. The molecule has 0 atom stereocenters. The van der Waals surface area contributed by atoms with Crippen molar-refractivity contribution in [2.75, 3.05) is 0 Å².